The lowest BCUT2D eigenvalue weighted by Gasteiger charge is -2.13. The van der Waals surface area contributed by atoms with Crippen molar-refractivity contribution < 1.29 is 9.52 Å². The minimum Gasteiger partial charge on any atom is -0.446 e. The molecular weight excluding hydrogens is 166 g/mol. The van der Waals surface area contributed by atoms with Gasteiger partial charge in [-0.15, -0.1) is 0 Å². The highest BCUT2D eigenvalue weighted by Gasteiger charge is 2.24. The second-order valence-corrected chi connectivity index (χ2v) is 3.82. The molecule has 0 saturated carbocycles. The summed E-state index contributed by atoms with van der Waals surface area (Å²) in [6, 6.07) is 0. The molecule has 1 aromatic rings. The number of hydrogen-bond acceptors (Lipinski definition) is 3. The Kier molecular flexibility index (Phi) is 2.76. The lowest BCUT2D eigenvalue weighted by molar-refractivity contribution is 0.0728. The topological polar surface area (TPSA) is 46.3 Å². The van der Waals surface area contributed by atoms with Crippen LogP contribution in [-0.4, -0.2) is 10.1 Å². The molecule has 0 aliphatic rings. The Balaban J connectivity index is 2.96. The van der Waals surface area contributed by atoms with Crippen molar-refractivity contribution >= 4 is 0 Å². The number of hydrogen-bond donors (Lipinski definition) is 1. The molecular formula is C10H17NO2. The quantitative estimate of drug-likeness (QED) is 0.781. The van der Waals surface area contributed by atoms with Crippen molar-refractivity contribution in [3.8, 4) is 0 Å². The van der Waals surface area contributed by atoms with Crippen LogP contribution in [-0.2, 0) is 12.0 Å². The number of oxazole rings is 1. The molecule has 0 radical (unpaired) electrons. The third-order valence-corrected chi connectivity index (χ3v) is 1.88. The van der Waals surface area contributed by atoms with Gasteiger partial charge in [0.1, 0.15) is 17.1 Å². The van der Waals surface area contributed by atoms with Crippen LogP contribution in [0, 0.1) is 6.92 Å². The van der Waals surface area contributed by atoms with E-state index in [9.17, 15) is 5.11 Å². The monoisotopic (exact) mass is 183 g/mol. The Morgan fingerprint density at radius 3 is 2.46 bits per heavy atom. The molecule has 1 aromatic heterocycles. The van der Waals surface area contributed by atoms with Gasteiger partial charge >= 0.3 is 0 Å². The first-order chi connectivity index (χ1) is 5.95. The van der Waals surface area contributed by atoms with Crippen molar-refractivity contribution in [2.24, 2.45) is 0 Å². The summed E-state index contributed by atoms with van der Waals surface area (Å²) in [7, 11) is 0. The van der Waals surface area contributed by atoms with Gasteiger partial charge in [0.2, 0.25) is 0 Å². The fourth-order valence-corrected chi connectivity index (χ4v) is 1.34. The van der Waals surface area contributed by atoms with E-state index in [1.807, 2.05) is 6.92 Å². The first kappa shape index (κ1) is 10.3. The summed E-state index contributed by atoms with van der Waals surface area (Å²) in [6.45, 7) is 7.34. The third-order valence-electron chi connectivity index (χ3n) is 1.88. The molecule has 1 rings (SSSR count). The van der Waals surface area contributed by atoms with Crippen LogP contribution in [0.2, 0.25) is 0 Å². The zero-order valence-electron chi connectivity index (χ0n) is 8.72. The summed E-state index contributed by atoms with van der Waals surface area (Å²) in [6.07, 6.45) is 1.84. The SMILES string of the molecule is CCCc1nc(C(C)(C)O)c(C)o1. The Morgan fingerprint density at radius 1 is 1.46 bits per heavy atom. The lowest BCUT2D eigenvalue weighted by Crippen LogP contribution is -2.17. The number of aryl methyl sites for hydroxylation is 2. The minimum absolute atomic E-state index is 0.649. The highest BCUT2D eigenvalue weighted by Crippen LogP contribution is 2.23. The number of rotatable bonds is 3. The van der Waals surface area contributed by atoms with Gasteiger partial charge in [0.05, 0.1) is 0 Å². The van der Waals surface area contributed by atoms with Gasteiger partial charge in [0, 0.05) is 6.42 Å². The largest absolute Gasteiger partial charge is 0.446 e. The van der Waals surface area contributed by atoms with E-state index in [0.29, 0.717) is 5.69 Å². The molecule has 0 unspecified atom stereocenters. The maximum absolute atomic E-state index is 9.73. The Labute approximate surface area is 78.8 Å². The molecule has 0 aromatic carbocycles. The molecule has 0 saturated heterocycles. The molecule has 0 fully saturated rings. The van der Waals surface area contributed by atoms with Gasteiger partial charge in [0.15, 0.2) is 5.89 Å². The summed E-state index contributed by atoms with van der Waals surface area (Å²) in [4.78, 5) is 4.25. The standard InChI is InChI=1S/C10H17NO2/c1-5-6-8-11-9(7(2)13-8)10(3,4)12/h12H,5-6H2,1-4H3. The van der Waals surface area contributed by atoms with Crippen LogP contribution in [0.5, 0.6) is 0 Å². The van der Waals surface area contributed by atoms with Gasteiger partial charge < -0.3 is 9.52 Å². The molecule has 0 amide bonds. The first-order valence-corrected chi connectivity index (χ1v) is 4.64. The Morgan fingerprint density at radius 2 is 2.08 bits per heavy atom. The average molecular weight is 183 g/mol. The maximum atomic E-state index is 9.73. The van der Waals surface area contributed by atoms with Crippen LogP contribution >= 0.6 is 0 Å². The van der Waals surface area contributed by atoms with Crippen molar-refractivity contribution in [3.63, 3.8) is 0 Å². The zero-order chi connectivity index (χ0) is 10.1. The smallest absolute Gasteiger partial charge is 0.194 e. The van der Waals surface area contributed by atoms with Crippen LogP contribution in [0.4, 0.5) is 0 Å². The van der Waals surface area contributed by atoms with Crippen LogP contribution in [0.1, 0.15) is 44.5 Å². The van der Waals surface area contributed by atoms with Gasteiger partial charge in [-0.2, -0.15) is 0 Å². The second-order valence-electron chi connectivity index (χ2n) is 3.82. The molecule has 0 spiro atoms. The summed E-state index contributed by atoms with van der Waals surface area (Å²) in [5.41, 5.74) is -0.254. The minimum atomic E-state index is -0.903. The molecule has 3 heteroatoms. The van der Waals surface area contributed by atoms with Crippen molar-refractivity contribution in [1.82, 2.24) is 4.98 Å². The van der Waals surface area contributed by atoms with E-state index in [1.165, 1.54) is 0 Å². The van der Waals surface area contributed by atoms with Crippen molar-refractivity contribution in [3.05, 3.63) is 17.3 Å². The fourth-order valence-electron chi connectivity index (χ4n) is 1.34. The van der Waals surface area contributed by atoms with Crippen molar-refractivity contribution in [1.29, 1.82) is 0 Å². The molecule has 74 valence electrons. The van der Waals surface area contributed by atoms with E-state index in [-0.39, 0.29) is 0 Å². The summed E-state index contributed by atoms with van der Waals surface area (Å²) >= 11 is 0. The molecule has 3 nitrogen and oxygen atoms in total. The van der Waals surface area contributed by atoms with Crippen LogP contribution in [0.15, 0.2) is 4.42 Å². The van der Waals surface area contributed by atoms with Gasteiger partial charge in [-0.25, -0.2) is 4.98 Å². The van der Waals surface area contributed by atoms with Crippen LogP contribution in [0.25, 0.3) is 0 Å². The number of aromatic nitrogens is 1. The number of nitrogens with zero attached hydrogens (tertiary/aromatic N) is 1. The maximum Gasteiger partial charge on any atom is 0.194 e. The van der Waals surface area contributed by atoms with E-state index >= 15 is 0 Å². The normalized spacial score (nSPS) is 12.1. The molecule has 0 bridgehead atoms. The molecule has 0 aliphatic heterocycles. The average Bonchev–Trinajstić information content (AvgIpc) is 2.30. The van der Waals surface area contributed by atoms with E-state index in [0.717, 1.165) is 24.5 Å². The predicted molar refractivity (Wildman–Crippen MR) is 50.5 cm³/mol. The van der Waals surface area contributed by atoms with E-state index in [4.69, 9.17) is 4.42 Å². The van der Waals surface area contributed by atoms with Gasteiger partial charge in [-0.05, 0) is 27.2 Å². The molecule has 1 heterocycles. The summed E-state index contributed by atoms with van der Waals surface area (Å²) in [5.74, 6) is 1.44. The Bertz CT molecular complexity index is 284. The molecule has 13 heavy (non-hydrogen) atoms. The summed E-state index contributed by atoms with van der Waals surface area (Å²) < 4.78 is 5.41. The predicted octanol–water partition coefficient (Wildman–Crippen LogP) is 2.16. The van der Waals surface area contributed by atoms with Crippen LogP contribution in [0.3, 0.4) is 0 Å². The highest BCUT2D eigenvalue weighted by molar-refractivity contribution is 5.15. The first-order valence-electron chi connectivity index (χ1n) is 4.64. The Hall–Kier alpha value is -0.830. The molecule has 0 aliphatic carbocycles. The van der Waals surface area contributed by atoms with Crippen LogP contribution < -0.4 is 0 Å². The van der Waals surface area contributed by atoms with Gasteiger partial charge in [0.25, 0.3) is 0 Å². The zero-order valence-corrected chi connectivity index (χ0v) is 8.72. The van der Waals surface area contributed by atoms with E-state index < -0.39 is 5.60 Å². The van der Waals surface area contributed by atoms with E-state index in [1.54, 1.807) is 13.8 Å². The molecule has 1 N–H and O–H groups in total. The number of aliphatic hydroxyl groups is 1. The van der Waals surface area contributed by atoms with E-state index in [2.05, 4.69) is 11.9 Å². The molecule has 0 atom stereocenters. The van der Waals surface area contributed by atoms with Crippen molar-refractivity contribution in [2.45, 2.75) is 46.1 Å². The summed E-state index contributed by atoms with van der Waals surface area (Å²) in [5, 5.41) is 9.73. The second kappa shape index (κ2) is 3.50. The fraction of sp³-hybridized carbons (Fsp3) is 0.700. The lowest BCUT2D eigenvalue weighted by atomic mass is 10.0. The van der Waals surface area contributed by atoms with Crippen molar-refractivity contribution in [2.75, 3.05) is 0 Å². The van der Waals surface area contributed by atoms with Gasteiger partial charge in [-0.1, -0.05) is 6.92 Å². The highest BCUT2D eigenvalue weighted by atomic mass is 16.4. The van der Waals surface area contributed by atoms with Gasteiger partial charge in [-0.3, -0.25) is 0 Å². The third kappa shape index (κ3) is 2.31.